The van der Waals surface area contributed by atoms with Crippen molar-refractivity contribution in [3.8, 4) is 11.3 Å². The number of aromatic nitrogens is 4. The van der Waals surface area contributed by atoms with E-state index in [0.29, 0.717) is 70.2 Å². The van der Waals surface area contributed by atoms with Gasteiger partial charge in [0.1, 0.15) is 16.7 Å². The van der Waals surface area contributed by atoms with Crippen LogP contribution in [0, 0.1) is 11.8 Å². The molecule has 3 aromatic heterocycles. The molecule has 3 aliphatic carbocycles. The largest absolute Gasteiger partial charge is 0.403 e. The van der Waals surface area contributed by atoms with Crippen LogP contribution in [0.1, 0.15) is 146 Å². The second kappa shape index (κ2) is 18.1. The molecule has 73 heavy (non-hydrogen) atoms. The fraction of sp³-hybridized carbons (Fsp3) is 0.596. The molecule has 4 aromatic rings. The lowest BCUT2D eigenvalue weighted by molar-refractivity contribution is -0.370. The first kappa shape index (κ1) is 46.7. The Morgan fingerprint density at radius 3 is 2.27 bits per heavy atom. The van der Waals surface area contributed by atoms with Gasteiger partial charge in [0.2, 0.25) is 29.3 Å². The molecule has 9 heterocycles. The Labute approximate surface area is 427 Å². The highest BCUT2D eigenvalue weighted by Gasteiger charge is 2.61. The van der Waals surface area contributed by atoms with E-state index in [-0.39, 0.29) is 58.9 Å². The number of amides is 5. The highest BCUT2D eigenvalue weighted by molar-refractivity contribution is 6.01. The van der Waals surface area contributed by atoms with Gasteiger partial charge in [0, 0.05) is 111 Å². The van der Waals surface area contributed by atoms with E-state index in [9.17, 15) is 19.2 Å². The number of nitrogens with one attached hydrogen (secondary N) is 2. The summed E-state index contributed by atoms with van der Waals surface area (Å²) >= 11 is 0. The van der Waals surface area contributed by atoms with Gasteiger partial charge >= 0.3 is 5.91 Å². The van der Waals surface area contributed by atoms with E-state index in [1.165, 1.54) is 25.0 Å². The van der Waals surface area contributed by atoms with Crippen LogP contribution in [0.5, 0.6) is 0 Å². The summed E-state index contributed by atoms with van der Waals surface area (Å²) in [6, 6.07) is 13.7. The van der Waals surface area contributed by atoms with Crippen LogP contribution in [0.15, 0.2) is 48.9 Å². The van der Waals surface area contributed by atoms with Crippen LogP contribution >= 0.6 is 0 Å². The van der Waals surface area contributed by atoms with Crippen molar-refractivity contribution in [2.24, 2.45) is 11.8 Å². The van der Waals surface area contributed by atoms with Crippen molar-refractivity contribution in [3.63, 3.8) is 0 Å². The number of piperidine rings is 5. The maximum atomic E-state index is 15.3. The SMILES string of the molecule is CC(C)n1cnc2cc(-c3ccc4c(c3)[N+](=C3CC(N5CCCCC5)C3)C(=O)C43CCN(C(=O)C4CCN(C(=O)C5CCN(c6ccc(C7CCC(=O)NC7=O)cn6)CC5)C5(CC5)C4)CC3)nc(NC3CC3)c21. The number of hydrogen-bond donors (Lipinski definition) is 2. The number of likely N-dealkylation sites (tertiary alicyclic amines) is 3. The minimum Gasteiger partial charge on any atom is -0.366 e. The molecule has 16 heteroatoms. The van der Waals surface area contributed by atoms with E-state index >= 15 is 4.79 Å². The Bertz CT molecular complexity index is 2920. The summed E-state index contributed by atoms with van der Waals surface area (Å²) in [7, 11) is 0. The van der Waals surface area contributed by atoms with E-state index < -0.39 is 5.41 Å². The van der Waals surface area contributed by atoms with Crippen LogP contribution in [0.3, 0.4) is 0 Å². The van der Waals surface area contributed by atoms with E-state index in [2.05, 4.69) is 72.6 Å². The van der Waals surface area contributed by atoms with Crippen LogP contribution in [-0.2, 0) is 29.4 Å². The summed E-state index contributed by atoms with van der Waals surface area (Å²) in [5.41, 5.74) is 6.93. The van der Waals surface area contributed by atoms with Gasteiger partial charge in [-0.2, -0.15) is 0 Å². The summed E-state index contributed by atoms with van der Waals surface area (Å²) in [6.07, 6.45) is 18.3. The van der Waals surface area contributed by atoms with Gasteiger partial charge in [0.05, 0.1) is 23.5 Å². The monoisotopic (exact) mass is 989 g/mol. The highest BCUT2D eigenvalue weighted by atomic mass is 16.2. The number of hydrogen-bond acceptors (Lipinski definition) is 11. The maximum absolute atomic E-state index is 15.3. The minimum atomic E-state index is -0.696. The van der Waals surface area contributed by atoms with Gasteiger partial charge in [-0.15, -0.1) is 4.58 Å². The second-order valence-electron chi connectivity index (χ2n) is 23.5. The molecule has 8 fully saturated rings. The lowest BCUT2D eigenvalue weighted by atomic mass is 9.73. The Balaban J connectivity index is 0.686. The Kier molecular flexibility index (Phi) is 11.6. The number of carbonyl (C=O) groups is 5. The molecule has 2 N–H and O–H groups in total. The van der Waals surface area contributed by atoms with Gasteiger partial charge in [-0.1, -0.05) is 24.6 Å². The van der Waals surface area contributed by atoms with E-state index in [1.807, 2.05) is 23.4 Å². The molecule has 5 amide bonds. The van der Waals surface area contributed by atoms with Crippen LogP contribution < -0.4 is 15.5 Å². The fourth-order valence-corrected chi connectivity index (χ4v) is 14.0. The zero-order valence-corrected chi connectivity index (χ0v) is 42.6. The normalized spacial score (nSPS) is 26.2. The van der Waals surface area contributed by atoms with E-state index in [1.54, 1.807) is 6.20 Å². The number of imide groups is 1. The standard InChI is InChI=1S/C57H69N11O5/c1-35(2)66-34-59-46-31-45(61-51(50(46)66)60-40-8-9-40)37-6-11-44-47(28-37)68(42-29-41(30-42)63-21-4-3-5-22-63)55(73)57(44)19-26-65(27-20-57)53(71)38-16-25-67(56(32-38)17-18-56)54(72)36-14-23-64(24-15-36)48-12-7-39(33-58-48)43-10-13-49(69)62-52(43)70/h6-7,11-12,28,31,33-36,38,40-41,43H,3-5,8-10,13-27,29-30,32H2,1-2H3,(H-,60,61,62,69,70)/p+1. The molecular formula is C57H70N11O5+. The molecule has 0 bridgehead atoms. The quantitative estimate of drug-likeness (QED) is 0.131. The summed E-state index contributed by atoms with van der Waals surface area (Å²) < 4.78 is 4.29. The van der Waals surface area contributed by atoms with E-state index in [4.69, 9.17) is 15.0 Å². The molecule has 2 unspecified atom stereocenters. The zero-order chi connectivity index (χ0) is 49.8. The lowest BCUT2D eigenvalue weighted by Crippen LogP contribution is -2.55. The lowest BCUT2D eigenvalue weighted by Gasteiger charge is -2.44. The van der Waals surface area contributed by atoms with Crippen LogP contribution in [-0.4, -0.2) is 137 Å². The van der Waals surface area contributed by atoms with Crippen molar-refractivity contribution in [1.29, 1.82) is 0 Å². The van der Waals surface area contributed by atoms with Gasteiger partial charge in [-0.25, -0.2) is 19.7 Å². The maximum Gasteiger partial charge on any atom is 0.403 e. The Hall–Kier alpha value is -6.03. The average molecular weight is 989 g/mol. The molecule has 5 saturated heterocycles. The number of carbonyl (C=O) groups excluding carboxylic acids is 5. The first-order valence-corrected chi connectivity index (χ1v) is 27.8. The summed E-state index contributed by atoms with van der Waals surface area (Å²) in [4.78, 5) is 92.1. The van der Waals surface area contributed by atoms with Crippen molar-refractivity contribution >= 4 is 63.6 Å². The topological polar surface area (TPSA) is 169 Å². The molecule has 6 aliphatic heterocycles. The molecule has 382 valence electrons. The molecule has 2 spiro atoms. The highest BCUT2D eigenvalue weighted by Crippen LogP contribution is 2.53. The fourth-order valence-electron chi connectivity index (χ4n) is 14.0. The van der Waals surface area contributed by atoms with Crippen LogP contribution in [0.2, 0.25) is 0 Å². The predicted molar refractivity (Wildman–Crippen MR) is 277 cm³/mol. The Morgan fingerprint density at radius 1 is 0.808 bits per heavy atom. The van der Waals surface area contributed by atoms with Crippen LogP contribution in [0.25, 0.3) is 22.3 Å². The van der Waals surface area contributed by atoms with Gasteiger partial charge in [0.25, 0.3) is 0 Å². The average Bonchev–Trinajstić information content (AvgIpc) is 4.32. The molecule has 16 nitrogen and oxygen atoms in total. The molecule has 0 radical (unpaired) electrons. The number of nitrogens with zero attached hydrogens (tertiary/aromatic N) is 9. The molecule has 2 atom stereocenters. The van der Waals surface area contributed by atoms with Crippen molar-refractivity contribution in [1.82, 2.24) is 39.5 Å². The Morgan fingerprint density at radius 2 is 1.58 bits per heavy atom. The third kappa shape index (κ3) is 8.24. The number of benzene rings is 1. The predicted octanol–water partition coefficient (Wildman–Crippen LogP) is 6.99. The van der Waals surface area contributed by atoms with Gasteiger partial charge < -0.3 is 24.6 Å². The van der Waals surface area contributed by atoms with Gasteiger partial charge in [-0.3, -0.25) is 29.4 Å². The second-order valence-corrected chi connectivity index (χ2v) is 23.5. The van der Waals surface area contributed by atoms with Gasteiger partial charge in [-0.05, 0) is 128 Å². The molecular weight excluding hydrogens is 919 g/mol. The number of fused-ring (bicyclic) bond motifs is 3. The smallest absolute Gasteiger partial charge is 0.366 e. The first-order chi connectivity index (χ1) is 35.4. The first-order valence-electron chi connectivity index (χ1n) is 27.8. The van der Waals surface area contributed by atoms with Crippen LogP contribution in [0.4, 0.5) is 17.3 Å². The van der Waals surface area contributed by atoms with E-state index in [0.717, 1.165) is 128 Å². The van der Waals surface area contributed by atoms with Crippen molar-refractivity contribution < 1.29 is 28.5 Å². The molecule has 3 saturated carbocycles. The van der Waals surface area contributed by atoms with Crippen molar-refractivity contribution in [2.75, 3.05) is 56.0 Å². The van der Waals surface area contributed by atoms with Gasteiger partial charge in [0.15, 0.2) is 11.5 Å². The number of pyridine rings is 2. The summed E-state index contributed by atoms with van der Waals surface area (Å²) in [5.74, 6) is 1.25. The van der Waals surface area contributed by atoms with Crippen molar-refractivity contribution in [2.45, 2.75) is 158 Å². The zero-order valence-electron chi connectivity index (χ0n) is 42.6. The molecule has 9 aliphatic rings. The molecule has 13 rings (SSSR count). The molecule has 1 aromatic carbocycles. The number of imidazole rings is 1. The van der Waals surface area contributed by atoms with Crippen molar-refractivity contribution in [3.05, 3.63) is 60.0 Å². The third-order valence-corrected chi connectivity index (χ3v) is 18.7. The number of anilines is 2. The summed E-state index contributed by atoms with van der Waals surface area (Å²) in [5, 5.41) is 6.14. The third-order valence-electron chi connectivity index (χ3n) is 18.7. The minimum absolute atomic E-state index is 0.0606. The summed E-state index contributed by atoms with van der Waals surface area (Å²) in [6.45, 7) is 9.76. The number of rotatable bonds is 9.